The van der Waals surface area contributed by atoms with Gasteiger partial charge in [0.15, 0.2) is 0 Å². The summed E-state index contributed by atoms with van der Waals surface area (Å²) in [5.41, 5.74) is 0.771. The first-order valence-corrected chi connectivity index (χ1v) is 9.54. The number of carboxylic acid groups (broad SMARTS) is 2. The average molecular weight is 518 g/mol. The Kier molecular flexibility index (Phi) is 11.7. The quantitative estimate of drug-likeness (QED) is 0.304. The topological polar surface area (TPSA) is 162 Å². The van der Waals surface area contributed by atoms with E-state index in [9.17, 15) is 29.3 Å². The average Bonchev–Trinajstić information content (AvgIpc) is 2.86. The Bertz CT molecular complexity index is 1300. The van der Waals surface area contributed by atoms with Crippen molar-refractivity contribution in [3.05, 3.63) is 95.7 Å². The van der Waals surface area contributed by atoms with Crippen molar-refractivity contribution in [1.82, 2.24) is 9.97 Å². The van der Waals surface area contributed by atoms with Crippen molar-refractivity contribution in [3.8, 4) is 5.75 Å². The molecule has 11 heteroatoms. The van der Waals surface area contributed by atoms with E-state index in [-0.39, 0.29) is 28.4 Å². The van der Waals surface area contributed by atoms with Gasteiger partial charge < -0.3 is 30.0 Å². The van der Waals surface area contributed by atoms with Gasteiger partial charge in [-0.3, -0.25) is 9.98 Å². The SMILES string of the molecule is CO.O=C([O-])c1cccc(C(=O)[O-])n1.[Fe+3].[O-]c1ccc(F)cc1C=Nc1cccc2cccnc12. The number of aliphatic hydroxyl groups is 1. The third kappa shape index (κ3) is 8.27. The van der Waals surface area contributed by atoms with Crippen molar-refractivity contribution < 1.29 is 51.5 Å². The summed E-state index contributed by atoms with van der Waals surface area (Å²) in [6.07, 6.45) is 3.05. The summed E-state index contributed by atoms with van der Waals surface area (Å²) in [7, 11) is 1.00. The van der Waals surface area contributed by atoms with Crippen LogP contribution in [0, 0.1) is 5.82 Å². The summed E-state index contributed by atoms with van der Waals surface area (Å²) in [5, 5.41) is 39.9. The first-order chi connectivity index (χ1) is 16.3. The van der Waals surface area contributed by atoms with Crippen LogP contribution in [0.15, 0.2) is 77.9 Å². The maximum absolute atomic E-state index is 13.1. The number of carboxylic acids is 2. The molecule has 0 aliphatic heterocycles. The molecule has 1 radical (unpaired) electrons. The second-order valence-corrected chi connectivity index (χ2v) is 6.28. The monoisotopic (exact) mass is 518 g/mol. The summed E-state index contributed by atoms with van der Waals surface area (Å²) < 4.78 is 13.1. The summed E-state index contributed by atoms with van der Waals surface area (Å²) >= 11 is 0. The molecule has 0 atom stereocenters. The Hall–Kier alpha value is -4.18. The smallest absolute Gasteiger partial charge is 0.872 e. The van der Waals surface area contributed by atoms with Crippen LogP contribution in [0.5, 0.6) is 5.75 Å². The molecular weight excluding hydrogens is 501 g/mol. The maximum atomic E-state index is 13.1. The van der Waals surface area contributed by atoms with Crippen molar-refractivity contribution in [3.63, 3.8) is 0 Å². The number of rotatable bonds is 4. The molecule has 0 aliphatic carbocycles. The van der Waals surface area contributed by atoms with Crippen LogP contribution in [0.2, 0.25) is 0 Å². The molecule has 0 bridgehead atoms. The van der Waals surface area contributed by atoms with Crippen molar-refractivity contribution >= 4 is 34.7 Å². The number of hydrogen-bond acceptors (Lipinski definition) is 9. The predicted molar refractivity (Wildman–Crippen MR) is 116 cm³/mol. The number of pyridine rings is 2. The molecule has 0 saturated heterocycles. The molecule has 0 aliphatic rings. The fourth-order valence-corrected chi connectivity index (χ4v) is 2.61. The molecular formula is C24H17FFeN3O6. The van der Waals surface area contributed by atoms with Gasteiger partial charge in [0, 0.05) is 24.9 Å². The van der Waals surface area contributed by atoms with E-state index >= 15 is 0 Å². The van der Waals surface area contributed by atoms with E-state index in [2.05, 4.69) is 15.0 Å². The molecule has 2 heterocycles. The van der Waals surface area contributed by atoms with Gasteiger partial charge in [-0.05, 0) is 42.0 Å². The maximum Gasteiger partial charge on any atom is 3.00 e. The Labute approximate surface area is 209 Å². The van der Waals surface area contributed by atoms with Gasteiger partial charge in [0.25, 0.3) is 0 Å². The van der Waals surface area contributed by atoms with Gasteiger partial charge in [-0.25, -0.2) is 9.37 Å². The minimum atomic E-state index is -1.52. The summed E-state index contributed by atoms with van der Waals surface area (Å²) in [5.74, 6) is -3.75. The number of aromatic nitrogens is 2. The van der Waals surface area contributed by atoms with Crippen LogP contribution in [-0.2, 0) is 17.1 Å². The Balaban J connectivity index is 0.000000353. The molecule has 0 saturated carbocycles. The zero-order valence-electron chi connectivity index (χ0n) is 18.1. The molecule has 4 aromatic rings. The van der Waals surface area contributed by atoms with Gasteiger partial charge in [0.2, 0.25) is 0 Å². The van der Waals surface area contributed by atoms with Crippen molar-refractivity contribution in [1.29, 1.82) is 0 Å². The molecule has 0 unspecified atom stereocenters. The van der Waals surface area contributed by atoms with E-state index in [1.807, 2.05) is 24.3 Å². The van der Waals surface area contributed by atoms with Crippen LogP contribution >= 0.6 is 0 Å². The fourth-order valence-electron chi connectivity index (χ4n) is 2.61. The zero-order valence-corrected chi connectivity index (χ0v) is 19.2. The molecule has 9 nitrogen and oxygen atoms in total. The normalized spacial score (nSPS) is 9.80. The Morgan fingerprint density at radius 3 is 2.17 bits per heavy atom. The molecule has 1 N–H and O–H groups in total. The number of carbonyl (C=O) groups excluding carboxylic acids is 2. The minimum Gasteiger partial charge on any atom is -0.872 e. The third-order valence-electron chi connectivity index (χ3n) is 4.09. The molecule has 0 fully saturated rings. The van der Waals surface area contributed by atoms with Gasteiger partial charge >= 0.3 is 17.1 Å². The predicted octanol–water partition coefficient (Wildman–Crippen LogP) is 0.613. The van der Waals surface area contributed by atoms with Gasteiger partial charge in [0.1, 0.15) is 5.82 Å². The number of benzene rings is 2. The minimum absolute atomic E-state index is 0. The molecule has 4 rings (SSSR count). The van der Waals surface area contributed by atoms with Crippen LogP contribution < -0.4 is 15.3 Å². The first kappa shape index (κ1) is 28.9. The van der Waals surface area contributed by atoms with E-state index in [4.69, 9.17) is 5.11 Å². The van der Waals surface area contributed by atoms with Crippen LogP contribution in [0.3, 0.4) is 0 Å². The summed E-state index contributed by atoms with van der Waals surface area (Å²) in [4.78, 5) is 32.1. The number of halogens is 1. The number of nitrogens with zero attached hydrogens (tertiary/aromatic N) is 3. The fraction of sp³-hybridized carbons (Fsp3) is 0.0417. The van der Waals surface area contributed by atoms with Crippen molar-refractivity contribution in [2.24, 2.45) is 4.99 Å². The second kappa shape index (κ2) is 14.2. The van der Waals surface area contributed by atoms with E-state index in [0.717, 1.165) is 36.2 Å². The number of aliphatic hydroxyl groups excluding tert-OH is 1. The van der Waals surface area contributed by atoms with Crippen molar-refractivity contribution in [2.75, 3.05) is 7.11 Å². The van der Waals surface area contributed by atoms with Crippen molar-refractivity contribution in [2.45, 2.75) is 0 Å². The van der Waals surface area contributed by atoms with Crippen LogP contribution in [-0.4, -0.2) is 40.3 Å². The van der Waals surface area contributed by atoms with E-state index in [1.165, 1.54) is 24.4 Å². The van der Waals surface area contributed by atoms with E-state index in [0.29, 0.717) is 5.69 Å². The van der Waals surface area contributed by atoms with E-state index in [1.54, 1.807) is 12.3 Å². The Morgan fingerprint density at radius 2 is 1.54 bits per heavy atom. The van der Waals surface area contributed by atoms with Crippen LogP contribution in [0.4, 0.5) is 10.1 Å². The number of aliphatic imine (C=N–C) groups is 1. The van der Waals surface area contributed by atoms with Gasteiger partial charge in [-0.2, -0.15) is 0 Å². The van der Waals surface area contributed by atoms with Gasteiger partial charge in [-0.15, -0.1) is 0 Å². The largest absolute Gasteiger partial charge is 3.00 e. The molecule has 0 spiro atoms. The molecule has 2 aromatic carbocycles. The molecule has 179 valence electrons. The number of carbonyl (C=O) groups is 2. The van der Waals surface area contributed by atoms with Crippen LogP contribution in [0.25, 0.3) is 10.9 Å². The number of aromatic carboxylic acids is 2. The summed E-state index contributed by atoms with van der Waals surface area (Å²) in [6, 6.07) is 16.4. The number of para-hydroxylation sites is 1. The summed E-state index contributed by atoms with van der Waals surface area (Å²) in [6.45, 7) is 0. The second-order valence-electron chi connectivity index (χ2n) is 6.28. The molecule has 2 aromatic heterocycles. The van der Waals surface area contributed by atoms with E-state index < -0.39 is 29.1 Å². The van der Waals surface area contributed by atoms with Crippen LogP contribution in [0.1, 0.15) is 26.5 Å². The third-order valence-corrected chi connectivity index (χ3v) is 4.09. The first-order valence-electron chi connectivity index (χ1n) is 9.54. The standard InChI is InChI=1S/C16H11FN2O.C7H5NO4.CH4O.Fe/c17-13-6-7-15(20)12(9-13)10-19-14-5-1-3-11-4-2-8-18-16(11)14;9-6(10)4-2-1-3-5(8-4)7(11)12;1-2;/h1-10,20H;1-3H,(H,9,10)(H,11,12);2H,1H3;/q;;;+3/p-3. The molecule has 0 amide bonds. The zero-order chi connectivity index (χ0) is 25.1. The Morgan fingerprint density at radius 1 is 0.943 bits per heavy atom. The van der Waals surface area contributed by atoms with Gasteiger partial charge in [0.05, 0.1) is 34.5 Å². The number of hydrogen-bond donors (Lipinski definition) is 1. The van der Waals surface area contributed by atoms with Gasteiger partial charge in [-0.1, -0.05) is 36.1 Å². The number of fused-ring (bicyclic) bond motifs is 1. The molecule has 35 heavy (non-hydrogen) atoms.